The van der Waals surface area contributed by atoms with Crippen molar-refractivity contribution in [1.29, 1.82) is 0 Å². The highest BCUT2D eigenvalue weighted by atomic mass is 16.5. The molecule has 0 unspecified atom stereocenters. The molecule has 3 rings (SSSR count). The van der Waals surface area contributed by atoms with Gasteiger partial charge in [-0.2, -0.15) is 0 Å². The van der Waals surface area contributed by atoms with E-state index in [1.165, 1.54) is 0 Å². The maximum atomic E-state index is 12.9. The van der Waals surface area contributed by atoms with Crippen molar-refractivity contribution in [3.8, 4) is 0 Å². The van der Waals surface area contributed by atoms with Crippen LogP contribution in [-0.4, -0.2) is 57.5 Å². The quantitative estimate of drug-likeness (QED) is 0.813. The molecule has 2 atom stereocenters. The van der Waals surface area contributed by atoms with E-state index in [2.05, 4.69) is 14.8 Å². The van der Waals surface area contributed by atoms with Crippen molar-refractivity contribution >= 4 is 5.91 Å². The van der Waals surface area contributed by atoms with Gasteiger partial charge in [0.25, 0.3) is 5.91 Å². The molecule has 0 spiro atoms. The molecule has 128 valence electrons. The van der Waals surface area contributed by atoms with Gasteiger partial charge in [-0.15, -0.1) is 10.2 Å². The van der Waals surface area contributed by atoms with Crippen molar-refractivity contribution in [2.45, 2.75) is 58.9 Å². The molecule has 3 heterocycles. The molecule has 0 saturated carbocycles. The van der Waals surface area contributed by atoms with E-state index in [0.717, 1.165) is 37.6 Å². The summed E-state index contributed by atoms with van der Waals surface area (Å²) in [5.41, 5.74) is 0. The molecule has 1 fully saturated rings. The van der Waals surface area contributed by atoms with E-state index in [-0.39, 0.29) is 17.9 Å². The van der Waals surface area contributed by atoms with Crippen LogP contribution in [0, 0.1) is 12.8 Å². The molecule has 1 amide bonds. The summed E-state index contributed by atoms with van der Waals surface area (Å²) in [5, 5.41) is 8.25. The van der Waals surface area contributed by atoms with E-state index in [0.29, 0.717) is 19.7 Å². The number of carbonyl (C=O) groups is 1. The SMILES string of the molecule is Cc1nnc2n1CCN(C(=O)[C@H](OC[C@H]1CCCO1)C(C)C)C2. The van der Waals surface area contributed by atoms with Gasteiger partial charge in [0.05, 0.1) is 19.3 Å². The zero-order valence-electron chi connectivity index (χ0n) is 14.2. The van der Waals surface area contributed by atoms with Crippen molar-refractivity contribution in [2.24, 2.45) is 5.92 Å². The fourth-order valence-corrected chi connectivity index (χ4v) is 3.21. The van der Waals surface area contributed by atoms with Gasteiger partial charge in [-0.1, -0.05) is 13.8 Å². The van der Waals surface area contributed by atoms with Gasteiger partial charge >= 0.3 is 0 Å². The number of hydrogen-bond acceptors (Lipinski definition) is 5. The van der Waals surface area contributed by atoms with Crippen LogP contribution in [0.4, 0.5) is 0 Å². The largest absolute Gasteiger partial charge is 0.376 e. The Morgan fingerprint density at radius 1 is 1.39 bits per heavy atom. The number of nitrogens with zero attached hydrogens (tertiary/aromatic N) is 4. The third-order valence-corrected chi connectivity index (χ3v) is 4.58. The second-order valence-electron chi connectivity index (χ2n) is 6.71. The van der Waals surface area contributed by atoms with Crippen molar-refractivity contribution in [3.05, 3.63) is 11.6 Å². The van der Waals surface area contributed by atoms with Gasteiger partial charge in [0, 0.05) is 19.7 Å². The minimum atomic E-state index is -0.422. The van der Waals surface area contributed by atoms with Crippen molar-refractivity contribution in [1.82, 2.24) is 19.7 Å². The zero-order valence-corrected chi connectivity index (χ0v) is 14.2. The lowest BCUT2D eigenvalue weighted by atomic mass is 10.1. The second kappa shape index (κ2) is 6.97. The molecular weight excluding hydrogens is 296 g/mol. The fourth-order valence-electron chi connectivity index (χ4n) is 3.21. The molecule has 1 aromatic rings. The van der Waals surface area contributed by atoms with Crippen LogP contribution in [-0.2, 0) is 27.4 Å². The summed E-state index contributed by atoms with van der Waals surface area (Å²) in [4.78, 5) is 14.7. The lowest BCUT2D eigenvalue weighted by molar-refractivity contribution is -0.150. The predicted molar refractivity (Wildman–Crippen MR) is 83.7 cm³/mol. The number of aryl methyl sites for hydroxylation is 1. The first-order valence-corrected chi connectivity index (χ1v) is 8.47. The number of carbonyl (C=O) groups excluding carboxylic acids is 1. The van der Waals surface area contributed by atoms with Crippen molar-refractivity contribution in [2.75, 3.05) is 19.8 Å². The molecule has 0 N–H and O–H groups in total. The van der Waals surface area contributed by atoms with E-state index >= 15 is 0 Å². The first kappa shape index (κ1) is 16.4. The Morgan fingerprint density at radius 3 is 2.91 bits per heavy atom. The van der Waals surface area contributed by atoms with Crippen molar-refractivity contribution < 1.29 is 14.3 Å². The Hall–Kier alpha value is -1.47. The van der Waals surface area contributed by atoms with Crippen LogP contribution >= 0.6 is 0 Å². The summed E-state index contributed by atoms with van der Waals surface area (Å²) in [6.45, 7) is 9.21. The summed E-state index contributed by atoms with van der Waals surface area (Å²) in [6, 6.07) is 0. The first-order valence-electron chi connectivity index (χ1n) is 8.47. The van der Waals surface area contributed by atoms with Crippen LogP contribution in [0.1, 0.15) is 38.3 Å². The zero-order chi connectivity index (χ0) is 16.4. The van der Waals surface area contributed by atoms with Crippen LogP contribution in [0.25, 0.3) is 0 Å². The minimum absolute atomic E-state index is 0.0462. The van der Waals surface area contributed by atoms with Gasteiger partial charge in [0.2, 0.25) is 0 Å². The standard InChI is InChI=1S/C16H26N4O3/c1-11(2)15(23-10-13-5-4-8-22-13)16(21)19-6-7-20-12(3)17-18-14(20)9-19/h11,13,15H,4-10H2,1-3H3/t13-,15-/m1/s1. The molecule has 0 bridgehead atoms. The smallest absolute Gasteiger partial charge is 0.252 e. The summed E-state index contributed by atoms with van der Waals surface area (Å²) in [6.07, 6.45) is 1.81. The average Bonchev–Trinajstić information content (AvgIpc) is 3.17. The molecule has 0 aliphatic carbocycles. The number of rotatable bonds is 5. The third kappa shape index (κ3) is 3.55. The highest BCUT2D eigenvalue weighted by Gasteiger charge is 2.32. The molecule has 1 aromatic heterocycles. The van der Waals surface area contributed by atoms with Crippen LogP contribution in [0.2, 0.25) is 0 Å². The van der Waals surface area contributed by atoms with Gasteiger partial charge in [0.15, 0.2) is 5.82 Å². The molecule has 23 heavy (non-hydrogen) atoms. The molecule has 0 aromatic carbocycles. The number of fused-ring (bicyclic) bond motifs is 1. The maximum absolute atomic E-state index is 12.9. The number of hydrogen-bond donors (Lipinski definition) is 0. The molecule has 1 saturated heterocycles. The van der Waals surface area contributed by atoms with E-state index in [1.54, 1.807) is 0 Å². The molecule has 0 radical (unpaired) electrons. The lowest BCUT2D eigenvalue weighted by Gasteiger charge is -2.32. The summed E-state index contributed by atoms with van der Waals surface area (Å²) in [5.74, 6) is 1.93. The maximum Gasteiger partial charge on any atom is 0.252 e. The Morgan fingerprint density at radius 2 is 2.22 bits per heavy atom. The normalized spacial score (nSPS) is 22.4. The Labute approximate surface area is 137 Å². The molecule has 7 heteroatoms. The first-order chi connectivity index (χ1) is 11.1. The topological polar surface area (TPSA) is 69.5 Å². The third-order valence-electron chi connectivity index (χ3n) is 4.58. The van der Waals surface area contributed by atoms with E-state index < -0.39 is 6.10 Å². The number of aromatic nitrogens is 3. The fraction of sp³-hybridized carbons (Fsp3) is 0.812. The van der Waals surface area contributed by atoms with Gasteiger partial charge < -0.3 is 18.9 Å². The van der Waals surface area contributed by atoms with Gasteiger partial charge in [-0.05, 0) is 25.7 Å². The molecule has 7 nitrogen and oxygen atoms in total. The Kier molecular flexibility index (Phi) is 4.96. The minimum Gasteiger partial charge on any atom is -0.376 e. The van der Waals surface area contributed by atoms with Crippen LogP contribution in [0.15, 0.2) is 0 Å². The molecular formula is C16H26N4O3. The predicted octanol–water partition coefficient (Wildman–Crippen LogP) is 1.15. The lowest BCUT2D eigenvalue weighted by Crippen LogP contribution is -2.47. The summed E-state index contributed by atoms with van der Waals surface area (Å²) < 4.78 is 13.6. The monoisotopic (exact) mass is 322 g/mol. The highest BCUT2D eigenvalue weighted by Crippen LogP contribution is 2.19. The molecule has 2 aliphatic heterocycles. The summed E-state index contributed by atoms with van der Waals surface area (Å²) >= 11 is 0. The average molecular weight is 322 g/mol. The number of amides is 1. The summed E-state index contributed by atoms with van der Waals surface area (Å²) in [7, 11) is 0. The van der Waals surface area contributed by atoms with Gasteiger partial charge in [-0.25, -0.2) is 0 Å². The molecule has 2 aliphatic rings. The van der Waals surface area contributed by atoms with E-state index in [9.17, 15) is 4.79 Å². The highest BCUT2D eigenvalue weighted by molar-refractivity contribution is 5.81. The van der Waals surface area contributed by atoms with E-state index in [4.69, 9.17) is 9.47 Å². The van der Waals surface area contributed by atoms with Gasteiger partial charge in [0.1, 0.15) is 11.9 Å². The van der Waals surface area contributed by atoms with Crippen LogP contribution in [0.3, 0.4) is 0 Å². The number of ether oxygens (including phenoxy) is 2. The van der Waals surface area contributed by atoms with Crippen LogP contribution < -0.4 is 0 Å². The Bertz CT molecular complexity index is 552. The van der Waals surface area contributed by atoms with E-state index in [1.807, 2.05) is 25.7 Å². The van der Waals surface area contributed by atoms with Crippen molar-refractivity contribution in [3.63, 3.8) is 0 Å². The second-order valence-corrected chi connectivity index (χ2v) is 6.71. The Balaban J connectivity index is 1.61. The van der Waals surface area contributed by atoms with Gasteiger partial charge in [-0.3, -0.25) is 4.79 Å². The van der Waals surface area contributed by atoms with Crippen LogP contribution in [0.5, 0.6) is 0 Å².